The van der Waals surface area contributed by atoms with E-state index in [1.54, 1.807) is 12.3 Å². The van der Waals surface area contributed by atoms with Gasteiger partial charge in [0, 0.05) is 22.4 Å². The van der Waals surface area contributed by atoms with Gasteiger partial charge < -0.3 is 10.6 Å². The smallest absolute Gasteiger partial charge is 0.270 e. The number of carbonyl (C=O) groups is 1. The molecule has 0 unspecified atom stereocenters. The molecule has 0 fully saturated rings. The lowest BCUT2D eigenvalue weighted by molar-refractivity contribution is 0.0945. The van der Waals surface area contributed by atoms with E-state index in [9.17, 15) is 4.79 Å². The lowest BCUT2D eigenvalue weighted by Crippen LogP contribution is -2.24. The van der Waals surface area contributed by atoms with Gasteiger partial charge in [-0.25, -0.2) is 9.97 Å². The highest BCUT2D eigenvalue weighted by atomic mass is 79.9. The van der Waals surface area contributed by atoms with Crippen LogP contribution in [-0.4, -0.2) is 20.9 Å². The Labute approximate surface area is 147 Å². The zero-order valence-corrected chi connectivity index (χ0v) is 14.2. The summed E-state index contributed by atoms with van der Waals surface area (Å²) in [6.07, 6.45) is 3.04. The molecule has 0 radical (unpaired) electrons. The second-order valence-corrected chi connectivity index (χ2v) is 5.84. The second kappa shape index (κ2) is 7.65. The first kappa shape index (κ1) is 16.1. The molecule has 0 aliphatic heterocycles. The maximum Gasteiger partial charge on any atom is 0.270 e. The van der Waals surface area contributed by atoms with Crippen molar-refractivity contribution in [2.45, 2.75) is 6.54 Å². The number of amides is 1. The van der Waals surface area contributed by atoms with Crippen molar-refractivity contribution in [1.82, 2.24) is 20.3 Å². The average Bonchev–Trinajstić information content (AvgIpc) is 2.61. The monoisotopic (exact) mass is 383 g/mol. The predicted octanol–water partition coefficient (Wildman–Crippen LogP) is 3.31. The van der Waals surface area contributed by atoms with E-state index in [4.69, 9.17) is 0 Å². The standard InChI is InChI=1S/C17H14BrN5O/c18-12-4-3-6-13(8-12)23-16-9-15(21-11-22-16)17(24)20-10-14-5-1-2-7-19-14/h1-9,11H,10H2,(H,20,24)(H,21,22,23). The molecule has 3 aromatic rings. The number of hydrogen-bond acceptors (Lipinski definition) is 5. The zero-order valence-electron chi connectivity index (χ0n) is 12.6. The number of hydrogen-bond donors (Lipinski definition) is 2. The van der Waals surface area contributed by atoms with E-state index in [1.807, 2.05) is 42.5 Å². The van der Waals surface area contributed by atoms with Crippen LogP contribution in [0.5, 0.6) is 0 Å². The van der Waals surface area contributed by atoms with Gasteiger partial charge in [-0.05, 0) is 30.3 Å². The molecule has 120 valence electrons. The molecule has 0 aliphatic carbocycles. The Balaban J connectivity index is 1.67. The molecule has 0 atom stereocenters. The molecule has 0 bridgehead atoms. The van der Waals surface area contributed by atoms with Gasteiger partial charge in [-0.3, -0.25) is 9.78 Å². The normalized spacial score (nSPS) is 10.2. The molecular formula is C17H14BrN5O. The number of aromatic nitrogens is 3. The molecule has 2 heterocycles. The molecule has 1 amide bonds. The summed E-state index contributed by atoms with van der Waals surface area (Å²) in [5.74, 6) is 0.270. The van der Waals surface area contributed by atoms with Gasteiger partial charge in [-0.1, -0.05) is 28.1 Å². The van der Waals surface area contributed by atoms with Crippen LogP contribution in [0.1, 0.15) is 16.2 Å². The number of nitrogens with zero attached hydrogens (tertiary/aromatic N) is 3. The summed E-state index contributed by atoms with van der Waals surface area (Å²) in [6, 6.07) is 14.8. The lowest BCUT2D eigenvalue weighted by atomic mass is 10.3. The maximum absolute atomic E-state index is 12.2. The van der Waals surface area contributed by atoms with Crippen LogP contribution in [0.25, 0.3) is 0 Å². The van der Waals surface area contributed by atoms with Crippen LogP contribution in [-0.2, 0) is 6.54 Å². The van der Waals surface area contributed by atoms with Gasteiger partial charge in [0.05, 0.1) is 12.2 Å². The van der Waals surface area contributed by atoms with Crippen LogP contribution >= 0.6 is 15.9 Å². The lowest BCUT2D eigenvalue weighted by Gasteiger charge is -2.08. The minimum atomic E-state index is -0.277. The first-order chi connectivity index (χ1) is 11.7. The Morgan fingerprint density at radius 3 is 2.75 bits per heavy atom. The van der Waals surface area contributed by atoms with E-state index in [0.29, 0.717) is 18.1 Å². The molecule has 1 aromatic carbocycles. The van der Waals surface area contributed by atoms with Gasteiger partial charge >= 0.3 is 0 Å². The van der Waals surface area contributed by atoms with Gasteiger partial charge in [0.2, 0.25) is 0 Å². The molecule has 3 rings (SSSR count). The van der Waals surface area contributed by atoms with E-state index >= 15 is 0 Å². The van der Waals surface area contributed by atoms with Gasteiger partial charge in [-0.15, -0.1) is 0 Å². The molecule has 2 aromatic heterocycles. The van der Waals surface area contributed by atoms with Gasteiger partial charge in [-0.2, -0.15) is 0 Å². The number of anilines is 2. The highest BCUT2D eigenvalue weighted by molar-refractivity contribution is 9.10. The topological polar surface area (TPSA) is 79.8 Å². The Morgan fingerprint density at radius 2 is 1.96 bits per heavy atom. The molecule has 7 heteroatoms. The molecule has 0 saturated heterocycles. The number of halogens is 1. The van der Waals surface area contributed by atoms with Crippen LogP contribution in [0.2, 0.25) is 0 Å². The van der Waals surface area contributed by atoms with E-state index in [1.165, 1.54) is 6.33 Å². The van der Waals surface area contributed by atoms with Crippen LogP contribution in [0, 0.1) is 0 Å². The number of benzene rings is 1. The van der Waals surface area contributed by atoms with Crippen LogP contribution < -0.4 is 10.6 Å². The zero-order chi connectivity index (χ0) is 16.8. The van der Waals surface area contributed by atoms with Crippen molar-refractivity contribution in [2.75, 3.05) is 5.32 Å². The third kappa shape index (κ3) is 4.36. The number of pyridine rings is 1. The number of rotatable bonds is 5. The predicted molar refractivity (Wildman–Crippen MR) is 94.9 cm³/mol. The van der Waals surface area contributed by atoms with E-state index < -0.39 is 0 Å². The van der Waals surface area contributed by atoms with Gasteiger partial charge in [0.15, 0.2) is 0 Å². The largest absolute Gasteiger partial charge is 0.345 e. The third-order valence-corrected chi connectivity index (χ3v) is 3.65. The summed E-state index contributed by atoms with van der Waals surface area (Å²) < 4.78 is 0.954. The fourth-order valence-corrected chi connectivity index (χ4v) is 2.43. The van der Waals surface area contributed by atoms with Crippen LogP contribution in [0.15, 0.2) is 65.5 Å². The Kier molecular flexibility index (Phi) is 5.12. The Hall–Kier alpha value is -2.80. The summed E-state index contributed by atoms with van der Waals surface area (Å²) in [6.45, 7) is 0.345. The van der Waals surface area contributed by atoms with Crippen LogP contribution in [0.4, 0.5) is 11.5 Å². The Morgan fingerprint density at radius 1 is 1.04 bits per heavy atom. The van der Waals surface area contributed by atoms with Crippen LogP contribution in [0.3, 0.4) is 0 Å². The first-order valence-electron chi connectivity index (χ1n) is 7.23. The highest BCUT2D eigenvalue weighted by Gasteiger charge is 2.09. The van der Waals surface area contributed by atoms with Crippen molar-refractivity contribution in [1.29, 1.82) is 0 Å². The fraction of sp³-hybridized carbons (Fsp3) is 0.0588. The fourth-order valence-electron chi connectivity index (χ4n) is 2.03. The van der Waals surface area contributed by atoms with Crippen molar-refractivity contribution in [3.05, 3.63) is 76.9 Å². The SMILES string of the molecule is O=C(NCc1ccccn1)c1cc(Nc2cccc(Br)c2)ncn1. The summed E-state index contributed by atoms with van der Waals surface area (Å²) in [7, 11) is 0. The minimum Gasteiger partial charge on any atom is -0.345 e. The molecule has 0 saturated carbocycles. The minimum absolute atomic E-state index is 0.277. The highest BCUT2D eigenvalue weighted by Crippen LogP contribution is 2.19. The summed E-state index contributed by atoms with van der Waals surface area (Å²) in [4.78, 5) is 24.5. The molecule has 0 spiro atoms. The van der Waals surface area contributed by atoms with Crippen molar-refractivity contribution in [3.63, 3.8) is 0 Å². The van der Waals surface area contributed by atoms with E-state index in [-0.39, 0.29) is 5.91 Å². The number of carbonyl (C=O) groups excluding carboxylic acids is 1. The molecule has 24 heavy (non-hydrogen) atoms. The van der Waals surface area contributed by atoms with Crippen molar-refractivity contribution in [3.8, 4) is 0 Å². The second-order valence-electron chi connectivity index (χ2n) is 4.93. The maximum atomic E-state index is 12.2. The van der Waals surface area contributed by atoms with E-state index in [2.05, 4.69) is 41.5 Å². The van der Waals surface area contributed by atoms with Crippen molar-refractivity contribution in [2.24, 2.45) is 0 Å². The number of nitrogens with one attached hydrogen (secondary N) is 2. The molecular weight excluding hydrogens is 370 g/mol. The van der Waals surface area contributed by atoms with Gasteiger partial charge in [0.1, 0.15) is 17.8 Å². The Bertz CT molecular complexity index is 841. The van der Waals surface area contributed by atoms with Crippen molar-refractivity contribution < 1.29 is 4.79 Å². The van der Waals surface area contributed by atoms with Crippen molar-refractivity contribution >= 4 is 33.3 Å². The quantitative estimate of drug-likeness (QED) is 0.706. The summed E-state index contributed by atoms with van der Waals surface area (Å²) in [5.41, 5.74) is 1.94. The molecule has 6 nitrogen and oxygen atoms in total. The molecule has 0 aliphatic rings. The summed E-state index contributed by atoms with van der Waals surface area (Å²) >= 11 is 3.41. The third-order valence-electron chi connectivity index (χ3n) is 3.15. The first-order valence-corrected chi connectivity index (χ1v) is 8.03. The average molecular weight is 384 g/mol. The summed E-state index contributed by atoms with van der Waals surface area (Å²) in [5, 5.41) is 5.93. The molecule has 2 N–H and O–H groups in total. The van der Waals surface area contributed by atoms with E-state index in [0.717, 1.165) is 15.9 Å². The van der Waals surface area contributed by atoms with Gasteiger partial charge in [0.25, 0.3) is 5.91 Å².